The third kappa shape index (κ3) is 46.9. The fourth-order valence-electron chi connectivity index (χ4n) is 9.02. The second-order valence-electron chi connectivity index (χ2n) is 19.7. The molecule has 0 saturated carbocycles. The van der Waals surface area contributed by atoms with Gasteiger partial charge in [-0.2, -0.15) is 0 Å². The van der Waals surface area contributed by atoms with Crippen LogP contribution in [-0.2, 0) is 14.3 Å². The Morgan fingerprint density at radius 1 is 0.444 bits per heavy atom. The van der Waals surface area contributed by atoms with Crippen molar-refractivity contribution in [2.24, 2.45) is 0 Å². The molecule has 0 aromatic rings. The number of unbranched alkanes of at least 4 members (excludes halogenated alkanes) is 38. The molecule has 0 fully saturated rings. The molecule has 1 amide bonds. The smallest absolute Gasteiger partial charge is 0.306 e. The number of amides is 1. The minimum Gasteiger partial charge on any atom is -0.462 e. The summed E-state index contributed by atoms with van der Waals surface area (Å²) in [4.78, 5) is 26.2. The van der Waals surface area contributed by atoms with E-state index in [1.165, 1.54) is 225 Å². The molecule has 0 aliphatic rings. The number of hydrogen-bond donors (Lipinski definition) is 3. The highest BCUT2D eigenvalue weighted by molar-refractivity contribution is 5.77. The molecule has 3 unspecified atom stereocenters. The van der Waals surface area contributed by atoms with Crippen LogP contribution in [0.5, 0.6) is 0 Å². The van der Waals surface area contributed by atoms with Crippen molar-refractivity contribution >= 4 is 11.9 Å². The fourth-order valence-corrected chi connectivity index (χ4v) is 9.02. The van der Waals surface area contributed by atoms with Gasteiger partial charge in [-0.3, -0.25) is 9.59 Å². The third-order valence-electron chi connectivity index (χ3n) is 13.3. The van der Waals surface area contributed by atoms with Gasteiger partial charge in [0.15, 0.2) is 0 Å². The van der Waals surface area contributed by atoms with Gasteiger partial charge in [0.25, 0.3) is 0 Å². The number of hydrogen-bond acceptors (Lipinski definition) is 5. The summed E-state index contributed by atoms with van der Waals surface area (Å²) >= 11 is 0. The van der Waals surface area contributed by atoms with Gasteiger partial charge >= 0.3 is 5.97 Å². The van der Waals surface area contributed by atoms with Crippen LogP contribution < -0.4 is 5.32 Å². The van der Waals surface area contributed by atoms with Crippen LogP contribution in [0.2, 0.25) is 0 Å². The van der Waals surface area contributed by atoms with E-state index < -0.39 is 18.2 Å². The Hall–Kier alpha value is -1.40. The molecule has 374 valence electrons. The first-order valence-corrected chi connectivity index (χ1v) is 28.4. The predicted octanol–water partition coefficient (Wildman–Crippen LogP) is 17.3. The normalized spacial score (nSPS) is 13.2. The molecule has 0 bridgehead atoms. The van der Waals surface area contributed by atoms with Gasteiger partial charge in [0.2, 0.25) is 5.91 Å². The first kappa shape index (κ1) is 61.6. The number of aliphatic hydroxyl groups is 2. The molecular weight excluding hydrogens is 779 g/mol. The number of carbonyl (C=O) groups excluding carboxylic acids is 2. The van der Waals surface area contributed by atoms with Gasteiger partial charge < -0.3 is 20.3 Å². The summed E-state index contributed by atoms with van der Waals surface area (Å²) in [5.41, 5.74) is 0. The lowest BCUT2D eigenvalue weighted by Gasteiger charge is -2.24. The van der Waals surface area contributed by atoms with E-state index in [4.69, 9.17) is 4.74 Å². The van der Waals surface area contributed by atoms with E-state index in [0.29, 0.717) is 19.3 Å². The van der Waals surface area contributed by atoms with E-state index in [9.17, 15) is 19.8 Å². The van der Waals surface area contributed by atoms with E-state index >= 15 is 0 Å². The quantitative estimate of drug-likeness (QED) is 0.0321. The molecule has 0 aliphatic carbocycles. The average Bonchev–Trinajstić information content (AvgIpc) is 3.28. The van der Waals surface area contributed by atoms with Crippen LogP contribution in [0.15, 0.2) is 12.2 Å². The van der Waals surface area contributed by atoms with Crippen LogP contribution >= 0.6 is 0 Å². The first-order chi connectivity index (χ1) is 31.0. The van der Waals surface area contributed by atoms with Gasteiger partial charge in [0.1, 0.15) is 6.10 Å². The average molecular weight is 891 g/mol. The van der Waals surface area contributed by atoms with Crippen molar-refractivity contribution in [2.75, 3.05) is 6.61 Å². The minimum atomic E-state index is -0.783. The number of carbonyl (C=O) groups is 2. The highest BCUT2D eigenvalue weighted by Gasteiger charge is 2.24. The maximum atomic E-state index is 13.2. The zero-order valence-electron chi connectivity index (χ0n) is 42.7. The summed E-state index contributed by atoms with van der Waals surface area (Å²) in [7, 11) is 0. The number of nitrogens with one attached hydrogen (secondary N) is 1. The molecule has 0 saturated heterocycles. The summed E-state index contributed by atoms with van der Waals surface area (Å²) in [5, 5.41) is 23.9. The van der Waals surface area contributed by atoms with Crippen LogP contribution in [0.4, 0.5) is 0 Å². The van der Waals surface area contributed by atoms with E-state index in [0.717, 1.165) is 44.9 Å². The third-order valence-corrected chi connectivity index (χ3v) is 13.3. The Labute approximate surface area is 393 Å². The molecule has 0 radical (unpaired) electrons. The molecule has 63 heavy (non-hydrogen) atoms. The standard InChI is InChI=1S/C57H111NO5/c1-4-7-10-13-16-19-22-25-27-28-29-32-35-38-41-44-47-50-57(62)63-53(48-45-42-39-36-33-30-24-21-18-15-12-9-6-3)51-56(61)58-54(52-59)55(60)49-46-43-40-37-34-31-26-23-20-17-14-11-8-5-2/h25,27,53-55,59-60H,4-24,26,28-52H2,1-3H3,(H,58,61)/b27-25+. The minimum absolute atomic E-state index is 0.0836. The van der Waals surface area contributed by atoms with E-state index in [1.54, 1.807) is 0 Å². The Balaban J connectivity index is 4.49. The van der Waals surface area contributed by atoms with Crippen molar-refractivity contribution in [1.29, 1.82) is 0 Å². The lowest BCUT2D eigenvalue weighted by molar-refractivity contribution is -0.151. The topological polar surface area (TPSA) is 95.9 Å². The maximum absolute atomic E-state index is 13.2. The molecule has 3 N–H and O–H groups in total. The summed E-state index contributed by atoms with van der Waals surface area (Å²) in [6.45, 7) is 6.52. The van der Waals surface area contributed by atoms with Crippen LogP contribution in [0.1, 0.15) is 316 Å². The lowest BCUT2D eigenvalue weighted by atomic mass is 10.0. The summed E-state index contributed by atoms with van der Waals surface area (Å²) in [6, 6.07) is -0.696. The maximum Gasteiger partial charge on any atom is 0.306 e. The monoisotopic (exact) mass is 890 g/mol. The molecule has 0 aromatic carbocycles. The molecular formula is C57H111NO5. The number of esters is 1. The van der Waals surface area contributed by atoms with Gasteiger partial charge in [0.05, 0.1) is 25.2 Å². The molecule has 6 nitrogen and oxygen atoms in total. The summed E-state index contributed by atoms with van der Waals surface area (Å²) < 4.78 is 5.96. The molecule has 0 aromatic heterocycles. The molecule has 6 heteroatoms. The Kier molecular flexibility index (Phi) is 50.4. The first-order valence-electron chi connectivity index (χ1n) is 28.4. The molecule has 3 atom stereocenters. The number of ether oxygens (including phenoxy) is 1. The van der Waals surface area contributed by atoms with Gasteiger partial charge in [0, 0.05) is 6.42 Å². The van der Waals surface area contributed by atoms with Crippen LogP contribution in [0, 0.1) is 0 Å². The van der Waals surface area contributed by atoms with Crippen LogP contribution in [-0.4, -0.2) is 46.9 Å². The van der Waals surface area contributed by atoms with E-state index in [-0.39, 0.29) is 24.9 Å². The van der Waals surface area contributed by atoms with Crippen molar-refractivity contribution in [3.8, 4) is 0 Å². The van der Waals surface area contributed by atoms with Gasteiger partial charge in [-0.05, 0) is 51.4 Å². The highest BCUT2D eigenvalue weighted by Crippen LogP contribution is 2.19. The Morgan fingerprint density at radius 3 is 1.13 bits per heavy atom. The largest absolute Gasteiger partial charge is 0.462 e. The van der Waals surface area contributed by atoms with E-state index in [2.05, 4.69) is 38.2 Å². The summed E-state index contributed by atoms with van der Waals surface area (Å²) in [6.07, 6.45) is 58.4. The zero-order valence-corrected chi connectivity index (χ0v) is 42.7. The Bertz CT molecular complexity index is 955. The molecule has 0 heterocycles. The van der Waals surface area contributed by atoms with Crippen molar-refractivity contribution in [3.05, 3.63) is 12.2 Å². The van der Waals surface area contributed by atoms with Gasteiger partial charge in [-0.25, -0.2) is 0 Å². The fraction of sp³-hybridized carbons (Fsp3) is 0.930. The van der Waals surface area contributed by atoms with E-state index in [1.807, 2.05) is 0 Å². The zero-order chi connectivity index (χ0) is 45.9. The Morgan fingerprint density at radius 2 is 0.762 bits per heavy atom. The van der Waals surface area contributed by atoms with Crippen molar-refractivity contribution in [3.63, 3.8) is 0 Å². The number of aliphatic hydroxyl groups excluding tert-OH is 2. The molecule has 0 aliphatic heterocycles. The van der Waals surface area contributed by atoms with Crippen molar-refractivity contribution in [1.82, 2.24) is 5.32 Å². The predicted molar refractivity (Wildman–Crippen MR) is 273 cm³/mol. The highest BCUT2D eigenvalue weighted by atomic mass is 16.5. The number of rotatable bonds is 52. The lowest BCUT2D eigenvalue weighted by Crippen LogP contribution is -2.46. The summed E-state index contributed by atoms with van der Waals surface area (Å²) in [5.74, 6) is -0.457. The second kappa shape index (κ2) is 51.6. The van der Waals surface area contributed by atoms with Gasteiger partial charge in [-0.15, -0.1) is 0 Å². The van der Waals surface area contributed by atoms with Crippen LogP contribution in [0.25, 0.3) is 0 Å². The molecule has 0 spiro atoms. The molecule has 0 rings (SSSR count). The van der Waals surface area contributed by atoms with Gasteiger partial charge in [-0.1, -0.05) is 264 Å². The van der Waals surface area contributed by atoms with Crippen molar-refractivity contribution < 1.29 is 24.5 Å². The number of allylic oxidation sites excluding steroid dienone is 2. The SMILES string of the molecule is CCCCCCCC/C=C/CCCCCCCCCC(=O)OC(CCCCCCCCCCCCCCC)CC(=O)NC(CO)C(O)CCCCCCCCCCCCCCCC. The second-order valence-corrected chi connectivity index (χ2v) is 19.7. The van der Waals surface area contributed by atoms with Crippen molar-refractivity contribution in [2.45, 2.75) is 334 Å². The van der Waals surface area contributed by atoms with Crippen LogP contribution in [0.3, 0.4) is 0 Å².